The number of halogens is 6. The molecule has 0 saturated heterocycles. The monoisotopic (exact) mass is 323 g/mol. The number of benzene rings is 1. The largest absolute Gasteiger partial charge is 0.416 e. The maximum absolute atomic E-state index is 12.7. The number of H-pyrrole nitrogens is 1. The highest BCUT2D eigenvalue weighted by Crippen LogP contribution is 2.36. The Bertz CT molecular complexity index is 624. The van der Waals surface area contributed by atoms with Gasteiger partial charge in [0.15, 0.2) is 0 Å². The Labute approximate surface area is 121 Å². The van der Waals surface area contributed by atoms with Crippen molar-refractivity contribution in [1.82, 2.24) is 10.2 Å². The van der Waals surface area contributed by atoms with Crippen LogP contribution in [0.4, 0.5) is 32.2 Å². The lowest BCUT2D eigenvalue weighted by Gasteiger charge is -2.14. The van der Waals surface area contributed by atoms with Crippen molar-refractivity contribution in [3.05, 3.63) is 46.6 Å². The van der Waals surface area contributed by atoms with E-state index in [-0.39, 0.29) is 18.2 Å². The van der Waals surface area contributed by atoms with Crippen LogP contribution in [0.15, 0.2) is 24.3 Å². The molecule has 2 aromatic rings. The van der Waals surface area contributed by atoms with Crippen LogP contribution in [0, 0.1) is 6.92 Å². The molecule has 2 N–H and O–H groups in total. The molecule has 0 aliphatic heterocycles. The summed E-state index contributed by atoms with van der Waals surface area (Å²) in [5, 5.41) is 9.06. The lowest BCUT2D eigenvalue weighted by atomic mass is 10.0. The molecular formula is C13H11F6N3. The third-order valence-electron chi connectivity index (χ3n) is 2.83. The number of hydrogen-bond donors (Lipinski definition) is 2. The molecule has 0 aliphatic rings. The predicted molar refractivity (Wildman–Crippen MR) is 67.1 cm³/mol. The van der Waals surface area contributed by atoms with Gasteiger partial charge in [-0.1, -0.05) is 0 Å². The fourth-order valence-corrected chi connectivity index (χ4v) is 1.82. The summed E-state index contributed by atoms with van der Waals surface area (Å²) >= 11 is 0. The number of hydrogen-bond acceptors (Lipinski definition) is 2. The summed E-state index contributed by atoms with van der Waals surface area (Å²) in [5.74, 6) is 0.337. The molecule has 0 bridgehead atoms. The molecule has 0 radical (unpaired) electrons. The van der Waals surface area contributed by atoms with Crippen LogP contribution in [0.1, 0.15) is 22.4 Å². The van der Waals surface area contributed by atoms with E-state index in [1.54, 1.807) is 13.0 Å². The number of anilines is 1. The van der Waals surface area contributed by atoms with Gasteiger partial charge in [-0.15, -0.1) is 0 Å². The number of aryl methyl sites for hydroxylation is 1. The lowest BCUT2D eigenvalue weighted by Crippen LogP contribution is -2.13. The molecule has 0 atom stereocenters. The minimum absolute atomic E-state index is 0.0994. The third-order valence-corrected chi connectivity index (χ3v) is 2.83. The van der Waals surface area contributed by atoms with E-state index in [4.69, 9.17) is 0 Å². The second-order valence-corrected chi connectivity index (χ2v) is 4.70. The van der Waals surface area contributed by atoms with Crippen LogP contribution in [-0.4, -0.2) is 10.2 Å². The normalized spacial score (nSPS) is 12.5. The van der Waals surface area contributed by atoms with Crippen molar-refractivity contribution < 1.29 is 26.3 Å². The second-order valence-electron chi connectivity index (χ2n) is 4.70. The van der Waals surface area contributed by atoms with Crippen LogP contribution in [0.2, 0.25) is 0 Å². The Morgan fingerprint density at radius 2 is 1.50 bits per heavy atom. The zero-order chi connectivity index (χ0) is 16.5. The van der Waals surface area contributed by atoms with Gasteiger partial charge in [0.1, 0.15) is 5.82 Å². The summed E-state index contributed by atoms with van der Waals surface area (Å²) in [7, 11) is 0. The standard InChI is InChI=1S/C13H11F6N3/c1-7-2-11(22-21-7)20-6-8-3-9(12(14,15)16)5-10(4-8)13(17,18)19/h2-5H,6H2,1H3,(H2,20,21,22). The number of nitrogens with one attached hydrogen (secondary N) is 2. The Morgan fingerprint density at radius 3 is 1.91 bits per heavy atom. The van der Waals surface area contributed by atoms with E-state index in [1.165, 1.54) is 0 Å². The van der Waals surface area contributed by atoms with E-state index in [0.29, 0.717) is 23.6 Å². The van der Waals surface area contributed by atoms with E-state index in [9.17, 15) is 26.3 Å². The van der Waals surface area contributed by atoms with Gasteiger partial charge in [0.25, 0.3) is 0 Å². The molecule has 1 aromatic carbocycles. The van der Waals surface area contributed by atoms with Gasteiger partial charge in [-0.3, -0.25) is 5.10 Å². The van der Waals surface area contributed by atoms with Gasteiger partial charge in [0, 0.05) is 18.3 Å². The van der Waals surface area contributed by atoms with Crippen molar-refractivity contribution in [2.75, 3.05) is 5.32 Å². The van der Waals surface area contributed by atoms with Crippen LogP contribution in [0.25, 0.3) is 0 Å². The summed E-state index contributed by atoms with van der Waals surface area (Å²) in [5.41, 5.74) is -2.10. The second kappa shape index (κ2) is 5.54. The fourth-order valence-electron chi connectivity index (χ4n) is 1.82. The first-order chi connectivity index (χ1) is 10.1. The summed E-state index contributed by atoms with van der Waals surface area (Å²) in [6, 6.07) is 3.05. The molecule has 0 amide bonds. The van der Waals surface area contributed by atoms with Crippen molar-refractivity contribution in [2.24, 2.45) is 0 Å². The maximum atomic E-state index is 12.7. The summed E-state index contributed by atoms with van der Waals surface area (Å²) in [6.07, 6.45) is -9.70. The topological polar surface area (TPSA) is 40.7 Å². The Morgan fingerprint density at radius 1 is 0.955 bits per heavy atom. The van der Waals surface area contributed by atoms with Gasteiger partial charge in [0.05, 0.1) is 11.1 Å². The zero-order valence-corrected chi connectivity index (χ0v) is 11.2. The number of rotatable bonds is 3. The molecule has 0 unspecified atom stereocenters. The summed E-state index contributed by atoms with van der Waals surface area (Å²) < 4.78 is 76.2. The first-order valence-electron chi connectivity index (χ1n) is 6.10. The van der Waals surface area contributed by atoms with Crippen molar-refractivity contribution >= 4 is 5.82 Å². The molecule has 120 valence electrons. The van der Waals surface area contributed by atoms with Crippen LogP contribution in [0.3, 0.4) is 0 Å². The summed E-state index contributed by atoms with van der Waals surface area (Å²) in [6.45, 7) is 1.50. The minimum atomic E-state index is -4.85. The Hall–Kier alpha value is -2.19. The van der Waals surface area contributed by atoms with E-state index < -0.39 is 23.5 Å². The lowest BCUT2D eigenvalue weighted by molar-refractivity contribution is -0.143. The van der Waals surface area contributed by atoms with Crippen LogP contribution in [-0.2, 0) is 18.9 Å². The van der Waals surface area contributed by atoms with Crippen molar-refractivity contribution in [2.45, 2.75) is 25.8 Å². The van der Waals surface area contributed by atoms with Crippen LogP contribution < -0.4 is 5.32 Å². The minimum Gasteiger partial charge on any atom is -0.365 e. The van der Waals surface area contributed by atoms with Crippen molar-refractivity contribution in [1.29, 1.82) is 0 Å². The number of nitrogens with zero attached hydrogens (tertiary/aromatic N) is 1. The van der Waals surface area contributed by atoms with Gasteiger partial charge < -0.3 is 5.32 Å². The number of aromatic amines is 1. The number of aromatic nitrogens is 2. The predicted octanol–water partition coefficient (Wildman–Crippen LogP) is 4.37. The number of alkyl halides is 6. The first kappa shape index (κ1) is 16.2. The van der Waals surface area contributed by atoms with Crippen molar-refractivity contribution in [3.8, 4) is 0 Å². The van der Waals surface area contributed by atoms with Gasteiger partial charge in [-0.25, -0.2) is 0 Å². The molecule has 3 nitrogen and oxygen atoms in total. The molecular weight excluding hydrogens is 312 g/mol. The molecule has 0 aliphatic carbocycles. The molecule has 22 heavy (non-hydrogen) atoms. The van der Waals surface area contributed by atoms with E-state index in [2.05, 4.69) is 15.5 Å². The summed E-state index contributed by atoms with van der Waals surface area (Å²) in [4.78, 5) is 0. The average Bonchev–Trinajstić information content (AvgIpc) is 2.80. The average molecular weight is 323 g/mol. The molecule has 1 aromatic heterocycles. The Balaban J connectivity index is 2.29. The smallest absolute Gasteiger partial charge is 0.365 e. The maximum Gasteiger partial charge on any atom is 0.416 e. The molecule has 9 heteroatoms. The first-order valence-corrected chi connectivity index (χ1v) is 6.10. The van der Waals surface area contributed by atoms with Crippen LogP contribution >= 0.6 is 0 Å². The van der Waals surface area contributed by atoms with Crippen molar-refractivity contribution in [3.63, 3.8) is 0 Å². The van der Waals surface area contributed by atoms with Gasteiger partial charge in [0.2, 0.25) is 0 Å². The Kier molecular flexibility index (Phi) is 4.08. The fraction of sp³-hybridized carbons (Fsp3) is 0.308. The SMILES string of the molecule is Cc1cc(NCc2cc(C(F)(F)F)cc(C(F)(F)F)c2)n[nH]1. The quantitative estimate of drug-likeness (QED) is 0.824. The molecule has 0 saturated carbocycles. The zero-order valence-electron chi connectivity index (χ0n) is 11.2. The molecule has 2 rings (SSSR count). The van der Waals surface area contributed by atoms with Crippen LogP contribution in [0.5, 0.6) is 0 Å². The van der Waals surface area contributed by atoms with E-state index in [0.717, 1.165) is 0 Å². The molecule has 0 spiro atoms. The third kappa shape index (κ3) is 3.92. The van der Waals surface area contributed by atoms with E-state index >= 15 is 0 Å². The van der Waals surface area contributed by atoms with E-state index in [1.807, 2.05) is 0 Å². The molecule has 0 fully saturated rings. The van der Waals surface area contributed by atoms with Gasteiger partial charge >= 0.3 is 12.4 Å². The highest BCUT2D eigenvalue weighted by Gasteiger charge is 2.36. The highest BCUT2D eigenvalue weighted by atomic mass is 19.4. The van der Waals surface area contributed by atoms with Gasteiger partial charge in [-0.05, 0) is 30.7 Å². The van der Waals surface area contributed by atoms with Gasteiger partial charge in [-0.2, -0.15) is 31.4 Å². The highest BCUT2D eigenvalue weighted by molar-refractivity contribution is 5.39. The molecule has 1 heterocycles.